The summed E-state index contributed by atoms with van der Waals surface area (Å²) in [4.78, 5) is 75.0. The minimum Gasteiger partial charge on any atom is -0.466 e. The summed E-state index contributed by atoms with van der Waals surface area (Å²) in [5.41, 5.74) is 5.77. The van der Waals surface area contributed by atoms with Crippen LogP contribution in [0.1, 0.15) is 87.8 Å². The lowest BCUT2D eigenvalue weighted by atomic mass is 9.99. The number of unbranched alkanes of at least 4 members (excludes halogenated alkanes) is 3. The summed E-state index contributed by atoms with van der Waals surface area (Å²) in [5.74, 6) is -0.968. The van der Waals surface area contributed by atoms with Crippen molar-refractivity contribution in [1.29, 1.82) is 0 Å². The Morgan fingerprint density at radius 2 is 1.53 bits per heavy atom. The topological polar surface area (TPSA) is 158 Å². The van der Waals surface area contributed by atoms with Gasteiger partial charge >= 0.3 is 24.3 Å². The number of piperazine rings is 1. The molecule has 3 fully saturated rings. The van der Waals surface area contributed by atoms with Gasteiger partial charge in [-0.3, -0.25) is 19.3 Å². The number of amides is 5. The lowest BCUT2D eigenvalue weighted by molar-refractivity contribution is -0.146. The van der Waals surface area contributed by atoms with Crippen LogP contribution in [0.3, 0.4) is 0 Å². The first-order chi connectivity index (χ1) is 29.7. The molecule has 6 rings (SSSR count). The first kappa shape index (κ1) is 46.7. The van der Waals surface area contributed by atoms with E-state index in [9.17, 15) is 37.1 Å². The van der Waals surface area contributed by atoms with Crippen LogP contribution in [-0.4, -0.2) is 138 Å². The number of anilines is 2. The number of ether oxygens (including phenoxy) is 2. The molecule has 0 bridgehead atoms. The number of nitrogen functional groups attached to an aromatic ring is 1. The third-order valence-electron chi connectivity index (χ3n) is 12.5. The third-order valence-corrected chi connectivity index (χ3v) is 12.8. The number of piperidine rings is 2. The fourth-order valence-electron chi connectivity index (χ4n) is 8.86. The summed E-state index contributed by atoms with van der Waals surface area (Å²) in [6, 6.07) is 9.53. The van der Waals surface area contributed by atoms with Gasteiger partial charge in [0.25, 0.3) is 5.91 Å². The normalized spacial score (nSPS) is 18.8. The number of nitrogens with two attached hydrogens (primary N) is 1. The molecule has 4 heterocycles. The largest absolute Gasteiger partial charge is 0.466 e. The number of hydrogen-bond acceptors (Lipinski definition) is 9. The molecule has 0 spiro atoms. The zero-order valence-corrected chi connectivity index (χ0v) is 36.2. The minimum absolute atomic E-state index is 0.0381. The van der Waals surface area contributed by atoms with Crippen molar-refractivity contribution in [1.82, 2.24) is 24.5 Å². The van der Waals surface area contributed by atoms with Crippen LogP contribution in [0.15, 0.2) is 36.4 Å². The van der Waals surface area contributed by atoms with Crippen LogP contribution in [-0.2, 0) is 42.9 Å². The average molecular weight is 890 g/mol. The van der Waals surface area contributed by atoms with Crippen LogP contribution < -0.4 is 11.1 Å². The van der Waals surface area contributed by atoms with Gasteiger partial charge in [-0.25, -0.2) is 9.59 Å². The van der Waals surface area contributed by atoms with Crippen LogP contribution in [0.2, 0.25) is 5.02 Å². The molecule has 1 atom stereocenters. The number of benzene rings is 2. The summed E-state index contributed by atoms with van der Waals surface area (Å²) in [5, 5.41) is 2.66. The number of urea groups is 1. The van der Waals surface area contributed by atoms with Gasteiger partial charge in [-0.1, -0.05) is 56.0 Å². The number of carbonyl (C=O) groups is 5. The SMILES string of the molecule is CCCCCCOC(=O)CCC(=O)N1CCN(C2CCN(C(=O)[C@@H](Cc3cc(Cl)c(N)c(C(F)(F)F)c3)OC(=O)N3CCC(N4CCc5ccccc5NC4=O)CC3)CC2)CC1. The summed E-state index contributed by atoms with van der Waals surface area (Å²) in [6.45, 7) is 6.49. The number of nitrogens with one attached hydrogen (secondary N) is 1. The number of esters is 1. The smallest absolute Gasteiger partial charge is 0.418 e. The number of likely N-dealkylation sites (tertiary alicyclic amines) is 2. The van der Waals surface area contributed by atoms with Gasteiger partial charge in [-0.2, -0.15) is 13.2 Å². The first-order valence-electron chi connectivity index (χ1n) is 21.9. The Hall–Kier alpha value is -4.77. The quantitative estimate of drug-likeness (QED) is 0.122. The maximum Gasteiger partial charge on any atom is 0.418 e. The average Bonchev–Trinajstić information content (AvgIpc) is 3.43. The predicted molar refractivity (Wildman–Crippen MR) is 227 cm³/mol. The Labute approximate surface area is 366 Å². The van der Waals surface area contributed by atoms with E-state index >= 15 is 0 Å². The Bertz CT molecular complexity index is 1900. The molecule has 3 N–H and O–H groups in total. The molecular formula is C44H59ClF3N7O7. The second kappa shape index (κ2) is 21.5. The number of alkyl halides is 3. The highest BCUT2D eigenvalue weighted by atomic mass is 35.5. The van der Waals surface area contributed by atoms with Gasteiger partial charge in [-0.05, 0) is 67.9 Å². The van der Waals surface area contributed by atoms with Gasteiger partial charge in [0.2, 0.25) is 5.91 Å². The van der Waals surface area contributed by atoms with Gasteiger partial charge in [0.05, 0.1) is 29.3 Å². The van der Waals surface area contributed by atoms with E-state index in [-0.39, 0.29) is 72.9 Å². The highest BCUT2D eigenvalue weighted by Crippen LogP contribution is 2.38. The second-order valence-electron chi connectivity index (χ2n) is 16.6. The molecule has 0 radical (unpaired) electrons. The van der Waals surface area contributed by atoms with E-state index in [0.29, 0.717) is 84.5 Å². The zero-order valence-electron chi connectivity index (χ0n) is 35.4. The van der Waals surface area contributed by atoms with Crippen molar-refractivity contribution in [2.24, 2.45) is 0 Å². The van der Waals surface area contributed by atoms with E-state index in [1.54, 1.807) is 14.7 Å². The van der Waals surface area contributed by atoms with Crippen LogP contribution in [0, 0.1) is 0 Å². The summed E-state index contributed by atoms with van der Waals surface area (Å²) >= 11 is 6.15. The van der Waals surface area contributed by atoms with Crippen molar-refractivity contribution >= 4 is 52.9 Å². The van der Waals surface area contributed by atoms with Crippen molar-refractivity contribution in [2.75, 3.05) is 76.6 Å². The lowest BCUT2D eigenvalue weighted by Crippen LogP contribution is -2.56. The molecule has 2 aromatic rings. The Kier molecular flexibility index (Phi) is 16.2. The number of para-hydroxylation sites is 1. The van der Waals surface area contributed by atoms with Gasteiger partial charge in [-0.15, -0.1) is 0 Å². The van der Waals surface area contributed by atoms with Crippen molar-refractivity contribution in [2.45, 2.75) is 108 Å². The van der Waals surface area contributed by atoms with Crippen molar-refractivity contribution in [3.05, 3.63) is 58.1 Å². The maximum absolute atomic E-state index is 14.2. The predicted octanol–water partition coefficient (Wildman–Crippen LogP) is 6.58. The molecule has 14 nitrogen and oxygen atoms in total. The molecule has 0 aromatic heterocycles. The monoisotopic (exact) mass is 889 g/mol. The fraction of sp³-hybridized carbons (Fsp3) is 0.614. The Morgan fingerprint density at radius 3 is 2.23 bits per heavy atom. The lowest BCUT2D eigenvalue weighted by Gasteiger charge is -2.43. The molecule has 0 unspecified atom stereocenters. The van der Waals surface area contributed by atoms with Crippen LogP contribution in [0.25, 0.3) is 0 Å². The fourth-order valence-corrected chi connectivity index (χ4v) is 9.10. The molecule has 62 heavy (non-hydrogen) atoms. The van der Waals surface area contributed by atoms with Crippen molar-refractivity contribution in [3.8, 4) is 0 Å². The van der Waals surface area contributed by atoms with Crippen molar-refractivity contribution in [3.63, 3.8) is 0 Å². The molecule has 4 aliphatic rings. The van der Waals surface area contributed by atoms with E-state index in [1.165, 1.54) is 11.0 Å². The summed E-state index contributed by atoms with van der Waals surface area (Å²) in [6.07, 6.45) is -0.348. The molecule has 4 aliphatic heterocycles. The van der Waals surface area contributed by atoms with Gasteiger partial charge in [0.1, 0.15) is 0 Å². The number of nitrogens with zero attached hydrogens (tertiary/aromatic N) is 5. The standard InChI is InChI=1S/C44H59ClF3N7O7/c1-2-3-4-7-26-61-39(57)11-10-38(56)52-24-22-51(23-25-52)32-13-17-53(18-14-32)41(58)37(29-30-27-34(44(46,47)48)40(49)35(45)28-30)62-43(60)54-19-15-33(16-20-54)55-21-12-31-8-5-6-9-36(31)50-42(55)59/h5-6,8-9,27-28,32-33,37H,2-4,7,10-26,29,49H2,1H3,(H,50,59)/t37-/m1/s1. The number of carbonyl (C=O) groups excluding carboxylic acids is 5. The summed E-state index contributed by atoms with van der Waals surface area (Å²) < 4.78 is 53.0. The molecule has 2 aromatic carbocycles. The highest BCUT2D eigenvalue weighted by molar-refractivity contribution is 6.33. The van der Waals surface area contributed by atoms with Crippen LogP contribution >= 0.6 is 11.6 Å². The molecule has 3 saturated heterocycles. The van der Waals surface area contributed by atoms with Gasteiger partial charge in [0, 0.05) is 89.5 Å². The van der Waals surface area contributed by atoms with Crippen LogP contribution in [0.4, 0.5) is 34.1 Å². The van der Waals surface area contributed by atoms with E-state index in [0.717, 1.165) is 43.0 Å². The molecule has 340 valence electrons. The van der Waals surface area contributed by atoms with Crippen molar-refractivity contribution < 1.29 is 46.6 Å². The third kappa shape index (κ3) is 12.2. The number of rotatable bonds is 14. The minimum atomic E-state index is -4.81. The number of hydrogen-bond donors (Lipinski definition) is 2. The highest BCUT2D eigenvalue weighted by Gasteiger charge is 2.39. The zero-order chi connectivity index (χ0) is 44.4. The summed E-state index contributed by atoms with van der Waals surface area (Å²) in [7, 11) is 0. The van der Waals surface area contributed by atoms with Gasteiger partial charge < -0.3 is 40.1 Å². The van der Waals surface area contributed by atoms with E-state index in [2.05, 4.69) is 17.1 Å². The van der Waals surface area contributed by atoms with E-state index in [1.807, 2.05) is 24.3 Å². The maximum atomic E-state index is 14.2. The molecule has 0 saturated carbocycles. The number of fused-ring (bicyclic) bond motifs is 1. The van der Waals surface area contributed by atoms with E-state index in [4.69, 9.17) is 26.8 Å². The molecule has 18 heteroatoms. The van der Waals surface area contributed by atoms with Crippen LogP contribution in [0.5, 0.6) is 0 Å². The Morgan fingerprint density at radius 1 is 0.855 bits per heavy atom. The molecule has 0 aliphatic carbocycles. The van der Waals surface area contributed by atoms with Gasteiger partial charge in [0.15, 0.2) is 6.10 Å². The molecule has 5 amide bonds. The Balaban J connectivity index is 1.02. The second-order valence-corrected chi connectivity index (χ2v) is 17.0. The first-order valence-corrected chi connectivity index (χ1v) is 22.3. The van der Waals surface area contributed by atoms with E-state index < -0.39 is 35.5 Å². The number of halogens is 4. The molecular weight excluding hydrogens is 831 g/mol.